The van der Waals surface area contributed by atoms with Gasteiger partial charge in [0.2, 0.25) is 0 Å². The highest BCUT2D eigenvalue weighted by atomic mass is 15.0. The maximum absolute atomic E-state index is 2.42. The Morgan fingerprint density at radius 2 is 0.685 bits per heavy atom. The van der Waals surface area contributed by atoms with E-state index in [1.807, 2.05) is 0 Å². The topological polar surface area (TPSA) is 9.86 Å². The maximum Gasteiger partial charge on any atom is 0.0541 e. The number of fused-ring (bicyclic) bond motifs is 6. The van der Waals surface area contributed by atoms with Gasteiger partial charge in [-0.2, -0.15) is 0 Å². The van der Waals surface area contributed by atoms with Gasteiger partial charge in [-0.3, -0.25) is 0 Å². The molecule has 10 aromatic rings. The summed E-state index contributed by atoms with van der Waals surface area (Å²) in [6, 6.07) is 69.0. The second-order valence-electron chi connectivity index (χ2n) is 15.5. The first kappa shape index (κ1) is 32.0. The van der Waals surface area contributed by atoms with Crippen LogP contribution in [0.2, 0.25) is 0 Å². The Morgan fingerprint density at radius 3 is 1.19 bits per heavy atom. The van der Waals surface area contributed by atoms with Gasteiger partial charge in [-0.05, 0) is 105 Å². The van der Waals surface area contributed by atoms with E-state index in [0.717, 1.165) is 11.4 Å². The van der Waals surface area contributed by atoms with Crippen LogP contribution in [0.5, 0.6) is 0 Å². The molecule has 2 heteroatoms. The third-order valence-corrected chi connectivity index (χ3v) is 11.1. The molecular weight excluding hydrogens is 653 g/mol. The minimum atomic E-state index is 0.127. The molecule has 0 aliphatic heterocycles. The van der Waals surface area contributed by atoms with Crippen molar-refractivity contribution >= 4 is 43.6 Å². The average molecular weight is 693 g/mol. The van der Waals surface area contributed by atoms with Gasteiger partial charge in [0.1, 0.15) is 0 Å². The number of nitrogens with zero attached hydrogens (tertiary/aromatic N) is 2. The van der Waals surface area contributed by atoms with Crippen LogP contribution in [0.15, 0.2) is 188 Å². The predicted molar refractivity (Wildman–Crippen MR) is 230 cm³/mol. The van der Waals surface area contributed by atoms with Crippen molar-refractivity contribution in [1.82, 2.24) is 9.13 Å². The highest BCUT2D eigenvalue weighted by Gasteiger charge is 2.17. The Labute approximate surface area is 316 Å². The zero-order valence-corrected chi connectivity index (χ0v) is 30.8. The Bertz CT molecular complexity index is 3010. The Kier molecular flexibility index (Phi) is 7.42. The van der Waals surface area contributed by atoms with Crippen molar-refractivity contribution in [3.8, 4) is 44.8 Å². The van der Waals surface area contributed by atoms with Crippen LogP contribution in [0.4, 0.5) is 0 Å². The van der Waals surface area contributed by atoms with Gasteiger partial charge in [0, 0.05) is 32.9 Å². The SMILES string of the molecule is CC(C)(C)c1ccc(-c2cccc(-n3c4ccccc4c4cc(-c5ccc6c(c5)c5ccccc5n6-c5cccc(-c6ccccc6)c5)ccc43)c2)cc1. The molecule has 0 unspecified atom stereocenters. The van der Waals surface area contributed by atoms with Crippen LogP contribution in [0.1, 0.15) is 26.3 Å². The van der Waals surface area contributed by atoms with Crippen molar-refractivity contribution in [2.45, 2.75) is 26.2 Å². The van der Waals surface area contributed by atoms with E-state index in [0.29, 0.717) is 0 Å². The van der Waals surface area contributed by atoms with Crippen LogP contribution in [0.3, 0.4) is 0 Å². The molecule has 0 amide bonds. The minimum absolute atomic E-state index is 0.127. The van der Waals surface area contributed by atoms with Gasteiger partial charge in [0.25, 0.3) is 0 Å². The van der Waals surface area contributed by atoms with Crippen molar-refractivity contribution in [3.63, 3.8) is 0 Å². The Hall–Kier alpha value is -6.64. The first-order valence-electron chi connectivity index (χ1n) is 18.8. The molecule has 8 aromatic carbocycles. The summed E-state index contributed by atoms with van der Waals surface area (Å²) in [7, 11) is 0. The van der Waals surface area contributed by atoms with E-state index in [4.69, 9.17) is 0 Å². The van der Waals surface area contributed by atoms with Gasteiger partial charge in [-0.15, -0.1) is 0 Å². The average Bonchev–Trinajstić information content (AvgIpc) is 3.73. The van der Waals surface area contributed by atoms with E-state index in [2.05, 4.69) is 218 Å². The number of para-hydroxylation sites is 2. The maximum atomic E-state index is 2.42. The summed E-state index contributed by atoms with van der Waals surface area (Å²) < 4.78 is 4.83. The third-order valence-electron chi connectivity index (χ3n) is 11.1. The third kappa shape index (κ3) is 5.33. The molecular formula is C52H40N2. The number of rotatable bonds is 5. The highest BCUT2D eigenvalue weighted by Crippen LogP contribution is 2.39. The van der Waals surface area contributed by atoms with Crippen LogP contribution in [0, 0.1) is 0 Å². The molecule has 0 N–H and O–H groups in total. The fourth-order valence-electron chi connectivity index (χ4n) is 8.30. The van der Waals surface area contributed by atoms with Crippen molar-refractivity contribution in [3.05, 3.63) is 194 Å². The van der Waals surface area contributed by atoms with E-state index < -0.39 is 0 Å². The molecule has 10 rings (SSSR count). The first-order chi connectivity index (χ1) is 26.4. The Morgan fingerprint density at radius 1 is 0.296 bits per heavy atom. The molecule has 0 radical (unpaired) electrons. The molecule has 258 valence electrons. The fraction of sp³-hybridized carbons (Fsp3) is 0.0769. The van der Waals surface area contributed by atoms with Crippen LogP contribution < -0.4 is 0 Å². The van der Waals surface area contributed by atoms with Gasteiger partial charge in [0.05, 0.1) is 22.1 Å². The van der Waals surface area contributed by atoms with Crippen molar-refractivity contribution < 1.29 is 0 Å². The van der Waals surface area contributed by atoms with Crippen LogP contribution in [-0.4, -0.2) is 9.13 Å². The number of benzene rings is 8. The molecule has 0 atom stereocenters. The molecule has 2 heterocycles. The van der Waals surface area contributed by atoms with Gasteiger partial charge in [0.15, 0.2) is 0 Å². The van der Waals surface area contributed by atoms with Crippen LogP contribution in [-0.2, 0) is 5.41 Å². The van der Waals surface area contributed by atoms with Gasteiger partial charge in [-0.1, -0.05) is 148 Å². The zero-order valence-electron chi connectivity index (χ0n) is 30.8. The summed E-state index contributed by atoms with van der Waals surface area (Å²) in [4.78, 5) is 0. The summed E-state index contributed by atoms with van der Waals surface area (Å²) in [5, 5.41) is 5.02. The molecule has 0 spiro atoms. The predicted octanol–water partition coefficient (Wildman–Crippen LogP) is 14.2. The number of aromatic nitrogens is 2. The fourth-order valence-corrected chi connectivity index (χ4v) is 8.30. The lowest BCUT2D eigenvalue weighted by Crippen LogP contribution is -2.10. The van der Waals surface area contributed by atoms with E-state index in [1.165, 1.54) is 82.6 Å². The molecule has 54 heavy (non-hydrogen) atoms. The molecule has 0 bridgehead atoms. The normalized spacial score (nSPS) is 12.0. The monoisotopic (exact) mass is 692 g/mol. The quantitative estimate of drug-likeness (QED) is 0.170. The number of hydrogen-bond acceptors (Lipinski definition) is 0. The second kappa shape index (κ2) is 12.5. The summed E-state index contributed by atoms with van der Waals surface area (Å²) in [5.41, 5.74) is 15.9. The molecule has 0 aliphatic carbocycles. The van der Waals surface area contributed by atoms with Gasteiger partial charge >= 0.3 is 0 Å². The Balaban J connectivity index is 1.08. The summed E-state index contributed by atoms with van der Waals surface area (Å²) in [5.74, 6) is 0. The second-order valence-corrected chi connectivity index (χ2v) is 15.5. The summed E-state index contributed by atoms with van der Waals surface area (Å²) in [6.45, 7) is 6.79. The molecule has 2 nitrogen and oxygen atoms in total. The van der Waals surface area contributed by atoms with Crippen molar-refractivity contribution in [1.29, 1.82) is 0 Å². The minimum Gasteiger partial charge on any atom is -0.309 e. The van der Waals surface area contributed by atoms with E-state index in [9.17, 15) is 0 Å². The van der Waals surface area contributed by atoms with Gasteiger partial charge < -0.3 is 9.13 Å². The molecule has 0 aliphatic rings. The standard InChI is InChI=1S/C52H40N2/c1-52(2,3)41-27-23-36(24-28-41)38-16-12-18-43(32-38)54-49-22-10-8-20-45(49)47-34-40(26-30-51(47)54)39-25-29-50-46(33-39)44-19-7-9-21-48(44)53(50)42-17-11-15-37(31-42)35-13-5-4-6-14-35/h4-34H,1-3H3. The summed E-state index contributed by atoms with van der Waals surface area (Å²) >= 11 is 0. The largest absolute Gasteiger partial charge is 0.309 e. The van der Waals surface area contributed by atoms with E-state index in [-0.39, 0.29) is 5.41 Å². The molecule has 0 fully saturated rings. The lowest BCUT2D eigenvalue weighted by molar-refractivity contribution is 0.590. The van der Waals surface area contributed by atoms with Crippen LogP contribution in [0.25, 0.3) is 88.4 Å². The number of hydrogen-bond donors (Lipinski definition) is 0. The van der Waals surface area contributed by atoms with E-state index in [1.54, 1.807) is 0 Å². The van der Waals surface area contributed by atoms with E-state index >= 15 is 0 Å². The van der Waals surface area contributed by atoms with Crippen LogP contribution >= 0.6 is 0 Å². The van der Waals surface area contributed by atoms with Crippen molar-refractivity contribution in [2.75, 3.05) is 0 Å². The zero-order chi connectivity index (χ0) is 36.4. The first-order valence-corrected chi connectivity index (χ1v) is 18.8. The molecule has 0 saturated heterocycles. The van der Waals surface area contributed by atoms with Crippen molar-refractivity contribution in [2.24, 2.45) is 0 Å². The smallest absolute Gasteiger partial charge is 0.0541 e. The lowest BCUT2D eigenvalue weighted by atomic mass is 9.86. The molecule has 0 saturated carbocycles. The molecule has 2 aromatic heterocycles. The summed E-state index contributed by atoms with van der Waals surface area (Å²) in [6.07, 6.45) is 0. The van der Waals surface area contributed by atoms with Gasteiger partial charge in [-0.25, -0.2) is 0 Å². The highest BCUT2D eigenvalue weighted by molar-refractivity contribution is 6.12. The lowest BCUT2D eigenvalue weighted by Gasteiger charge is -2.19.